The molecule has 1 rings (SSSR count). The molecule has 17 heavy (non-hydrogen) atoms. The molecule has 1 amide bonds. The van der Waals surface area contributed by atoms with E-state index >= 15 is 0 Å². The molecule has 0 radical (unpaired) electrons. The number of rotatable bonds is 5. The minimum atomic E-state index is -2.52. The van der Waals surface area contributed by atoms with E-state index < -0.39 is 11.8 Å². The van der Waals surface area contributed by atoms with Crippen molar-refractivity contribution in [2.45, 2.75) is 30.0 Å². The highest BCUT2D eigenvalue weighted by atomic mass is 32.2. The maximum Gasteiger partial charge on any atom is 0.288 e. The van der Waals surface area contributed by atoms with Crippen LogP contribution >= 0.6 is 11.8 Å². The van der Waals surface area contributed by atoms with E-state index in [9.17, 15) is 13.6 Å². The van der Waals surface area contributed by atoms with E-state index in [1.54, 1.807) is 25.1 Å². The lowest BCUT2D eigenvalue weighted by Crippen LogP contribution is -2.34. The molecule has 1 aromatic rings. The van der Waals surface area contributed by atoms with Gasteiger partial charge in [0.15, 0.2) is 0 Å². The Hall–Kier alpha value is -1.14. The van der Waals surface area contributed by atoms with Gasteiger partial charge in [0.1, 0.15) is 0 Å². The Labute approximate surface area is 103 Å². The van der Waals surface area contributed by atoms with Gasteiger partial charge in [-0.25, -0.2) is 0 Å². The average Bonchev–Trinajstić information content (AvgIpc) is 2.29. The van der Waals surface area contributed by atoms with E-state index in [-0.39, 0.29) is 5.91 Å². The number of anilines is 1. The zero-order valence-corrected chi connectivity index (χ0v) is 10.1. The van der Waals surface area contributed by atoms with Crippen molar-refractivity contribution >= 4 is 23.4 Å². The third-order valence-electron chi connectivity index (χ3n) is 2.14. The molecular formula is C11H14F2N2OS. The van der Waals surface area contributed by atoms with Gasteiger partial charge in [0.2, 0.25) is 5.91 Å². The number of para-hydroxylation sites is 1. The molecule has 0 saturated carbocycles. The summed E-state index contributed by atoms with van der Waals surface area (Å²) in [5.41, 5.74) is 5.92. The van der Waals surface area contributed by atoms with Crippen LogP contribution in [0.15, 0.2) is 29.2 Å². The summed E-state index contributed by atoms with van der Waals surface area (Å²) in [5, 5.41) is 2.55. The Kier molecular flexibility index (Phi) is 5.37. The highest BCUT2D eigenvalue weighted by molar-refractivity contribution is 7.99. The number of benzene rings is 1. The Morgan fingerprint density at radius 3 is 2.71 bits per heavy atom. The van der Waals surface area contributed by atoms with Gasteiger partial charge in [0.25, 0.3) is 5.76 Å². The Morgan fingerprint density at radius 2 is 2.12 bits per heavy atom. The molecule has 0 aromatic heterocycles. The molecule has 0 bridgehead atoms. The number of alkyl halides is 2. The largest absolute Gasteiger partial charge is 0.324 e. The second-order valence-electron chi connectivity index (χ2n) is 3.38. The lowest BCUT2D eigenvalue weighted by atomic mass is 10.2. The first-order chi connectivity index (χ1) is 8.04. The van der Waals surface area contributed by atoms with Gasteiger partial charge in [0, 0.05) is 4.90 Å². The van der Waals surface area contributed by atoms with E-state index in [0.717, 1.165) is 0 Å². The summed E-state index contributed by atoms with van der Waals surface area (Å²) in [7, 11) is 0. The van der Waals surface area contributed by atoms with Crippen molar-refractivity contribution in [2.75, 3.05) is 5.32 Å². The number of nitrogens with one attached hydrogen (secondary N) is 1. The van der Waals surface area contributed by atoms with Crippen LogP contribution in [0.25, 0.3) is 0 Å². The molecule has 0 aliphatic heterocycles. The minimum absolute atomic E-state index is 0.333. The fourth-order valence-corrected chi connectivity index (χ4v) is 1.77. The fourth-order valence-electron chi connectivity index (χ4n) is 1.18. The van der Waals surface area contributed by atoms with Gasteiger partial charge in [-0.3, -0.25) is 4.79 Å². The first kappa shape index (κ1) is 13.9. The minimum Gasteiger partial charge on any atom is -0.324 e. The molecule has 0 saturated heterocycles. The van der Waals surface area contributed by atoms with E-state index in [1.165, 1.54) is 6.07 Å². The van der Waals surface area contributed by atoms with Crippen LogP contribution < -0.4 is 11.1 Å². The van der Waals surface area contributed by atoms with Gasteiger partial charge in [-0.05, 0) is 18.6 Å². The normalized spacial score (nSPS) is 12.5. The van der Waals surface area contributed by atoms with E-state index in [4.69, 9.17) is 5.73 Å². The van der Waals surface area contributed by atoms with Crippen LogP contribution in [0.3, 0.4) is 0 Å². The van der Waals surface area contributed by atoms with Gasteiger partial charge in [-0.1, -0.05) is 30.8 Å². The van der Waals surface area contributed by atoms with Gasteiger partial charge < -0.3 is 11.1 Å². The molecule has 6 heteroatoms. The summed E-state index contributed by atoms with van der Waals surface area (Å²) in [6, 6.07) is 5.79. The highest BCUT2D eigenvalue weighted by Crippen LogP contribution is 2.31. The zero-order valence-electron chi connectivity index (χ0n) is 9.32. The Balaban J connectivity index is 2.79. The lowest BCUT2D eigenvalue weighted by Gasteiger charge is -2.13. The van der Waals surface area contributed by atoms with Gasteiger partial charge in [-0.15, -0.1) is 0 Å². The summed E-state index contributed by atoms with van der Waals surface area (Å²) in [4.78, 5) is 11.9. The van der Waals surface area contributed by atoms with Crippen LogP contribution in [0.2, 0.25) is 0 Å². The standard InChI is InChI=1S/C11H14F2N2OS/c1-2-7(14)10(16)15-8-5-3-4-6-9(8)17-11(12)13/h3-7,11H,2,14H2,1H3,(H,15,16)/t7-/m0/s1. The Bertz CT molecular complexity index is 387. The van der Waals surface area contributed by atoms with E-state index in [2.05, 4.69) is 5.32 Å². The van der Waals surface area contributed by atoms with Crippen molar-refractivity contribution in [2.24, 2.45) is 5.73 Å². The Morgan fingerprint density at radius 1 is 1.47 bits per heavy atom. The fraction of sp³-hybridized carbons (Fsp3) is 0.364. The van der Waals surface area contributed by atoms with Gasteiger partial charge in [-0.2, -0.15) is 8.78 Å². The van der Waals surface area contributed by atoms with Crippen LogP contribution in [0.4, 0.5) is 14.5 Å². The number of carbonyl (C=O) groups is 1. The molecule has 3 N–H and O–H groups in total. The summed E-state index contributed by atoms with van der Waals surface area (Å²) >= 11 is 0.397. The average molecular weight is 260 g/mol. The van der Waals surface area contributed by atoms with E-state index in [0.29, 0.717) is 28.8 Å². The molecule has 0 fully saturated rings. The maximum absolute atomic E-state index is 12.3. The van der Waals surface area contributed by atoms with Gasteiger partial charge >= 0.3 is 0 Å². The zero-order chi connectivity index (χ0) is 12.8. The smallest absolute Gasteiger partial charge is 0.288 e. The summed E-state index contributed by atoms with van der Waals surface area (Å²) in [5.74, 6) is -2.89. The predicted octanol–water partition coefficient (Wildman–Crippen LogP) is 2.68. The number of amides is 1. The maximum atomic E-state index is 12.3. The summed E-state index contributed by atoms with van der Waals surface area (Å²) in [6.07, 6.45) is 0.496. The molecule has 1 aromatic carbocycles. The second-order valence-corrected chi connectivity index (χ2v) is 4.41. The molecule has 1 atom stereocenters. The van der Waals surface area contributed by atoms with Crippen molar-refractivity contribution in [3.63, 3.8) is 0 Å². The third kappa shape index (κ3) is 4.32. The van der Waals surface area contributed by atoms with Gasteiger partial charge in [0.05, 0.1) is 11.7 Å². The molecule has 3 nitrogen and oxygen atoms in total. The summed E-state index contributed by atoms with van der Waals surface area (Å²) in [6.45, 7) is 1.78. The van der Waals surface area contributed by atoms with Crippen LogP contribution in [0.5, 0.6) is 0 Å². The number of hydrogen-bond donors (Lipinski definition) is 2. The van der Waals surface area contributed by atoms with Crippen molar-refractivity contribution < 1.29 is 13.6 Å². The van der Waals surface area contributed by atoms with E-state index in [1.807, 2.05) is 0 Å². The monoisotopic (exact) mass is 260 g/mol. The van der Waals surface area contributed by atoms with Crippen LogP contribution in [-0.2, 0) is 4.79 Å². The molecule has 94 valence electrons. The highest BCUT2D eigenvalue weighted by Gasteiger charge is 2.14. The topological polar surface area (TPSA) is 55.1 Å². The first-order valence-corrected chi connectivity index (χ1v) is 6.02. The SMILES string of the molecule is CC[C@H](N)C(=O)Nc1ccccc1SC(F)F. The summed E-state index contributed by atoms with van der Waals surface area (Å²) < 4.78 is 24.6. The van der Waals surface area contributed by atoms with Crippen molar-refractivity contribution in [1.29, 1.82) is 0 Å². The number of nitrogens with two attached hydrogens (primary N) is 1. The molecule has 0 unspecified atom stereocenters. The number of hydrogen-bond acceptors (Lipinski definition) is 3. The number of thioether (sulfide) groups is 1. The second kappa shape index (κ2) is 6.56. The molecular weight excluding hydrogens is 246 g/mol. The van der Waals surface area contributed by atoms with Crippen molar-refractivity contribution in [3.8, 4) is 0 Å². The van der Waals surface area contributed by atoms with Crippen LogP contribution in [-0.4, -0.2) is 17.7 Å². The van der Waals surface area contributed by atoms with Crippen molar-refractivity contribution in [1.82, 2.24) is 0 Å². The molecule has 0 aliphatic rings. The molecule has 0 heterocycles. The molecule has 0 aliphatic carbocycles. The lowest BCUT2D eigenvalue weighted by molar-refractivity contribution is -0.117. The number of carbonyl (C=O) groups excluding carboxylic acids is 1. The third-order valence-corrected chi connectivity index (χ3v) is 2.93. The number of halogens is 2. The van der Waals surface area contributed by atoms with Crippen LogP contribution in [0.1, 0.15) is 13.3 Å². The predicted molar refractivity (Wildman–Crippen MR) is 65.2 cm³/mol. The first-order valence-electron chi connectivity index (χ1n) is 5.15. The molecule has 0 spiro atoms. The van der Waals surface area contributed by atoms with Crippen LogP contribution in [0, 0.1) is 0 Å². The quantitative estimate of drug-likeness (QED) is 0.800. The van der Waals surface area contributed by atoms with Crippen molar-refractivity contribution in [3.05, 3.63) is 24.3 Å².